The van der Waals surface area contributed by atoms with Crippen LogP contribution in [0.2, 0.25) is 0 Å². The van der Waals surface area contributed by atoms with Gasteiger partial charge in [0.25, 0.3) is 0 Å². The second-order valence-electron chi connectivity index (χ2n) is 6.77. The van der Waals surface area contributed by atoms with Gasteiger partial charge in [0.15, 0.2) is 0 Å². The standard InChI is InChI=1S/C20H18BrFO4/c21-16-5-6-17(22)20-11(1-3-15(16)20)9-25-13-2-4-14-12(7-19(23)24)10-26-18(14)8-13/h2,4-6,8,11-12H,1,3,7,9-10H2,(H,23,24)/t11?,12-/m1/s1. The molecule has 6 heteroatoms. The van der Waals surface area contributed by atoms with E-state index in [2.05, 4.69) is 15.9 Å². The minimum Gasteiger partial charge on any atom is -0.493 e. The fourth-order valence-electron chi connectivity index (χ4n) is 3.86. The van der Waals surface area contributed by atoms with Crippen molar-refractivity contribution < 1.29 is 23.8 Å². The summed E-state index contributed by atoms with van der Waals surface area (Å²) in [5, 5.41) is 8.97. The number of ether oxygens (including phenoxy) is 2. The monoisotopic (exact) mass is 420 g/mol. The zero-order chi connectivity index (χ0) is 18.3. The Labute approximate surface area is 159 Å². The topological polar surface area (TPSA) is 55.8 Å². The van der Waals surface area contributed by atoms with Gasteiger partial charge in [0, 0.05) is 27.9 Å². The molecule has 4 nitrogen and oxygen atoms in total. The van der Waals surface area contributed by atoms with E-state index < -0.39 is 5.97 Å². The minimum atomic E-state index is -0.833. The zero-order valence-corrected chi connectivity index (χ0v) is 15.6. The summed E-state index contributed by atoms with van der Waals surface area (Å²) in [5.41, 5.74) is 2.69. The van der Waals surface area contributed by atoms with Crippen LogP contribution in [0.15, 0.2) is 34.8 Å². The van der Waals surface area contributed by atoms with Crippen molar-refractivity contribution in [2.24, 2.45) is 0 Å². The van der Waals surface area contributed by atoms with E-state index in [1.54, 1.807) is 12.1 Å². The summed E-state index contributed by atoms with van der Waals surface area (Å²) in [6.07, 6.45) is 1.75. The molecule has 0 aromatic heterocycles. The molecule has 2 aliphatic rings. The maximum absolute atomic E-state index is 14.2. The molecular formula is C20H18BrFO4. The van der Waals surface area contributed by atoms with Crippen LogP contribution >= 0.6 is 15.9 Å². The smallest absolute Gasteiger partial charge is 0.304 e. The van der Waals surface area contributed by atoms with E-state index in [-0.39, 0.29) is 24.1 Å². The Balaban J connectivity index is 1.46. The van der Waals surface area contributed by atoms with Crippen LogP contribution in [-0.2, 0) is 11.2 Å². The van der Waals surface area contributed by atoms with E-state index in [9.17, 15) is 9.18 Å². The first-order chi connectivity index (χ1) is 12.5. The Hall–Kier alpha value is -2.08. The molecule has 2 aromatic carbocycles. The van der Waals surface area contributed by atoms with Crippen LogP contribution in [0.4, 0.5) is 4.39 Å². The van der Waals surface area contributed by atoms with Crippen LogP contribution in [0.5, 0.6) is 11.5 Å². The number of fused-ring (bicyclic) bond motifs is 2. The van der Waals surface area contributed by atoms with Gasteiger partial charge >= 0.3 is 5.97 Å². The average Bonchev–Trinajstić information content (AvgIpc) is 3.21. The normalized spacial score (nSPS) is 20.4. The molecule has 0 amide bonds. The maximum atomic E-state index is 14.2. The van der Waals surface area contributed by atoms with E-state index in [0.717, 1.165) is 34.0 Å². The molecule has 1 aliphatic heterocycles. The lowest BCUT2D eigenvalue weighted by atomic mass is 9.98. The van der Waals surface area contributed by atoms with Crippen LogP contribution in [0.1, 0.15) is 41.4 Å². The Kier molecular flexibility index (Phi) is 4.61. The number of hydrogen-bond acceptors (Lipinski definition) is 3. The molecule has 2 aromatic rings. The van der Waals surface area contributed by atoms with Gasteiger partial charge < -0.3 is 14.6 Å². The molecule has 26 heavy (non-hydrogen) atoms. The lowest BCUT2D eigenvalue weighted by Gasteiger charge is -2.15. The molecule has 0 radical (unpaired) electrons. The number of halogens is 2. The molecule has 0 saturated heterocycles. The summed E-state index contributed by atoms with van der Waals surface area (Å²) in [4.78, 5) is 10.9. The predicted molar refractivity (Wildman–Crippen MR) is 97.6 cm³/mol. The van der Waals surface area contributed by atoms with Crippen molar-refractivity contribution in [2.75, 3.05) is 13.2 Å². The first-order valence-corrected chi connectivity index (χ1v) is 9.40. The van der Waals surface area contributed by atoms with Gasteiger partial charge in [-0.25, -0.2) is 4.39 Å². The first-order valence-electron chi connectivity index (χ1n) is 8.61. The number of rotatable bonds is 5. The minimum absolute atomic E-state index is 0.0245. The summed E-state index contributed by atoms with van der Waals surface area (Å²) in [7, 11) is 0. The number of carboxylic acid groups (broad SMARTS) is 1. The number of carboxylic acids is 1. The summed E-state index contributed by atoms with van der Waals surface area (Å²) < 4.78 is 26.7. The quantitative estimate of drug-likeness (QED) is 0.764. The Bertz CT molecular complexity index is 867. The van der Waals surface area contributed by atoms with Gasteiger partial charge in [-0.3, -0.25) is 4.79 Å². The van der Waals surface area contributed by atoms with Crippen LogP contribution in [0.25, 0.3) is 0 Å². The number of benzene rings is 2. The van der Waals surface area contributed by atoms with Crippen molar-refractivity contribution in [1.82, 2.24) is 0 Å². The second kappa shape index (κ2) is 6.91. The van der Waals surface area contributed by atoms with Gasteiger partial charge in [0.1, 0.15) is 17.3 Å². The van der Waals surface area contributed by atoms with Crippen LogP contribution in [-0.4, -0.2) is 24.3 Å². The van der Waals surface area contributed by atoms with Gasteiger partial charge in [0.2, 0.25) is 0 Å². The maximum Gasteiger partial charge on any atom is 0.304 e. The van der Waals surface area contributed by atoms with Crippen molar-refractivity contribution in [3.63, 3.8) is 0 Å². The van der Waals surface area contributed by atoms with E-state index in [1.807, 2.05) is 12.1 Å². The molecule has 4 rings (SSSR count). The summed E-state index contributed by atoms with van der Waals surface area (Å²) in [5.74, 6) is 0.224. The fourth-order valence-corrected chi connectivity index (χ4v) is 4.40. The second-order valence-corrected chi connectivity index (χ2v) is 7.63. The Morgan fingerprint density at radius 3 is 2.96 bits per heavy atom. The first kappa shape index (κ1) is 17.3. The van der Waals surface area contributed by atoms with Gasteiger partial charge in [-0.15, -0.1) is 0 Å². The molecule has 0 fully saturated rings. The van der Waals surface area contributed by atoms with Crippen molar-refractivity contribution >= 4 is 21.9 Å². The molecule has 136 valence electrons. The van der Waals surface area contributed by atoms with Crippen molar-refractivity contribution in [2.45, 2.75) is 31.1 Å². The number of carbonyl (C=O) groups is 1. The molecule has 0 spiro atoms. The molecule has 0 saturated carbocycles. The highest BCUT2D eigenvalue weighted by molar-refractivity contribution is 9.10. The lowest BCUT2D eigenvalue weighted by molar-refractivity contribution is -0.137. The SMILES string of the molecule is O=C(O)C[C@@H]1COc2cc(OCC3CCc4c(Br)ccc(F)c43)ccc21. The van der Waals surface area contributed by atoms with Crippen molar-refractivity contribution in [3.8, 4) is 11.5 Å². The molecule has 1 unspecified atom stereocenters. The summed E-state index contributed by atoms with van der Waals surface area (Å²) >= 11 is 3.50. The molecule has 1 N–H and O–H groups in total. The number of aliphatic carboxylic acids is 1. The highest BCUT2D eigenvalue weighted by Gasteiger charge is 2.29. The van der Waals surface area contributed by atoms with E-state index in [4.69, 9.17) is 14.6 Å². The van der Waals surface area contributed by atoms with Gasteiger partial charge in [-0.2, -0.15) is 0 Å². The van der Waals surface area contributed by atoms with E-state index in [1.165, 1.54) is 6.07 Å². The third-order valence-corrected chi connectivity index (χ3v) is 5.88. The Morgan fingerprint density at radius 1 is 1.31 bits per heavy atom. The summed E-state index contributed by atoms with van der Waals surface area (Å²) in [6.45, 7) is 0.776. The molecule has 1 heterocycles. The average molecular weight is 421 g/mol. The third kappa shape index (κ3) is 3.18. The highest BCUT2D eigenvalue weighted by atomic mass is 79.9. The zero-order valence-electron chi connectivity index (χ0n) is 14.0. The van der Waals surface area contributed by atoms with Gasteiger partial charge in [-0.1, -0.05) is 22.0 Å². The van der Waals surface area contributed by atoms with Crippen LogP contribution in [0.3, 0.4) is 0 Å². The van der Waals surface area contributed by atoms with Gasteiger partial charge in [0.05, 0.1) is 19.6 Å². The molecule has 2 atom stereocenters. The lowest BCUT2D eigenvalue weighted by Crippen LogP contribution is -2.09. The van der Waals surface area contributed by atoms with E-state index in [0.29, 0.717) is 24.7 Å². The van der Waals surface area contributed by atoms with Crippen molar-refractivity contribution in [3.05, 3.63) is 57.3 Å². The fraction of sp³-hybridized carbons (Fsp3) is 0.350. The predicted octanol–water partition coefficient (Wildman–Crippen LogP) is 4.65. The third-order valence-electron chi connectivity index (χ3n) is 5.13. The largest absolute Gasteiger partial charge is 0.493 e. The Morgan fingerprint density at radius 2 is 2.15 bits per heavy atom. The van der Waals surface area contributed by atoms with Crippen LogP contribution < -0.4 is 9.47 Å². The van der Waals surface area contributed by atoms with Crippen LogP contribution in [0, 0.1) is 5.82 Å². The molecule has 1 aliphatic carbocycles. The number of hydrogen-bond donors (Lipinski definition) is 1. The van der Waals surface area contributed by atoms with E-state index >= 15 is 0 Å². The van der Waals surface area contributed by atoms with Gasteiger partial charge in [-0.05, 0) is 42.2 Å². The molecule has 0 bridgehead atoms. The highest BCUT2D eigenvalue weighted by Crippen LogP contribution is 2.41. The van der Waals surface area contributed by atoms with Crippen molar-refractivity contribution in [1.29, 1.82) is 0 Å². The summed E-state index contributed by atoms with van der Waals surface area (Å²) in [6, 6.07) is 8.74. The molecular weight excluding hydrogens is 403 g/mol.